The third-order valence-electron chi connectivity index (χ3n) is 10.6. The lowest BCUT2D eigenvalue weighted by atomic mass is 9.95. The Balaban J connectivity index is 1.30. The monoisotopic (exact) mass is 744 g/mol. The molecule has 3 amide bonds. The van der Waals surface area contributed by atoms with Gasteiger partial charge in [-0.05, 0) is 65.0 Å². The molecule has 5 rings (SSSR count). The number of methoxy groups -OCH3 is 1. The van der Waals surface area contributed by atoms with Gasteiger partial charge >= 0.3 is 11.9 Å². The van der Waals surface area contributed by atoms with Gasteiger partial charge < -0.3 is 25.0 Å². The fraction of sp³-hybridized carbons (Fsp3) is 0.694. The van der Waals surface area contributed by atoms with Gasteiger partial charge in [0.2, 0.25) is 11.8 Å². The molecule has 6 atom stereocenters. The lowest BCUT2D eigenvalue weighted by Gasteiger charge is -2.37. The zero-order valence-electron chi connectivity index (χ0n) is 30.9. The number of aromatic nitrogens is 2. The molecule has 2 saturated carbocycles. The molecule has 0 aromatic carbocycles. The van der Waals surface area contributed by atoms with E-state index in [1.165, 1.54) is 36.7 Å². The lowest BCUT2D eigenvalue weighted by Crippen LogP contribution is -2.57. The van der Waals surface area contributed by atoms with E-state index < -0.39 is 35.0 Å². The van der Waals surface area contributed by atoms with Crippen LogP contribution >= 0.6 is 22.7 Å². The van der Waals surface area contributed by atoms with Gasteiger partial charge in [-0.3, -0.25) is 28.9 Å². The molecule has 3 fully saturated rings. The highest BCUT2D eigenvalue weighted by Crippen LogP contribution is 2.56. The van der Waals surface area contributed by atoms with Gasteiger partial charge in [0.1, 0.15) is 16.2 Å². The van der Waals surface area contributed by atoms with Crippen molar-refractivity contribution < 1.29 is 33.4 Å². The van der Waals surface area contributed by atoms with Crippen LogP contribution in [0.4, 0.5) is 0 Å². The Morgan fingerprint density at radius 3 is 2.39 bits per heavy atom. The van der Waals surface area contributed by atoms with Crippen LogP contribution in [0.1, 0.15) is 117 Å². The zero-order valence-corrected chi connectivity index (χ0v) is 32.6. The molecule has 3 heterocycles. The van der Waals surface area contributed by atoms with Crippen LogP contribution in [-0.4, -0.2) is 100 Å². The third-order valence-corrected chi connectivity index (χ3v) is 12.6. The lowest BCUT2D eigenvalue weighted by molar-refractivity contribution is -0.149. The molecule has 0 bridgehead atoms. The predicted octanol–water partition coefficient (Wildman–Crippen LogP) is 4.37. The van der Waals surface area contributed by atoms with Crippen molar-refractivity contribution in [2.24, 2.45) is 11.8 Å². The second-order valence-electron chi connectivity index (χ2n) is 15.0. The number of rotatable bonds is 15. The van der Waals surface area contributed by atoms with E-state index in [9.17, 15) is 24.0 Å². The molecule has 2 aromatic rings. The van der Waals surface area contributed by atoms with Gasteiger partial charge in [-0.1, -0.05) is 27.2 Å². The average Bonchev–Trinajstić information content (AvgIpc) is 3.86. The topological polar surface area (TPSA) is 160 Å². The van der Waals surface area contributed by atoms with Crippen LogP contribution in [0, 0.1) is 18.8 Å². The maximum Gasteiger partial charge on any atom is 0.308 e. The van der Waals surface area contributed by atoms with Crippen molar-refractivity contribution in [3.05, 3.63) is 32.2 Å². The minimum absolute atomic E-state index is 0.0197. The highest BCUT2D eigenvalue weighted by molar-refractivity contribution is 7.10. The first-order chi connectivity index (χ1) is 24.1. The maximum absolute atomic E-state index is 14.0. The Labute approximate surface area is 308 Å². The molecule has 51 heavy (non-hydrogen) atoms. The van der Waals surface area contributed by atoms with Gasteiger partial charge in [-0.2, -0.15) is 0 Å². The van der Waals surface area contributed by atoms with Gasteiger partial charge in [0, 0.05) is 48.8 Å². The van der Waals surface area contributed by atoms with E-state index in [2.05, 4.69) is 25.5 Å². The molecular formula is C36H52N6O7S2. The largest absolute Gasteiger partial charge is 0.469 e. The Kier molecular flexibility index (Phi) is 11.9. The van der Waals surface area contributed by atoms with Gasteiger partial charge in [0.15, 0.2) is 6.10 Å². The first-order valence-corrected chi connectivity index (χ1v) is 19.6. The highest BCUT2D eigenvalue weighted by atomic mass is 32.1. The fourth-order valence-electron chi connectivity index (χ4n) is 7.46. The summed E-state index contributed by atoms with van der Waals surface area (Å²) < 4.78 is 10.8. The van der Waals surface area contributed by atoms with Crippen molar-refractivity contribution in [1.82, 2.24) is 30.4 Å². The SMILES string of the molecule is COC(=O)[C@@H](C)CC1(NC(=O)c2csc([C@@H](C[C@H](C(C)C)N(C)C(=O)C3(NC(=O)[C@H]4CCCCN4C)CC3)OC(C)=O)n2)CC1c1nc(C)cs1. The number of nitrogens with zero attached hydrogens (tertiary/aromatic N) is 4. The number of aryl methyl sites for hydroxylation is 1. The molecule has 2 N–H and O–H groups in total. The number of amides is 3. The first-order valence-electron chi connectivity index (χ1n) is 17.8. The van der Waals surface area contributed by atoms with Crippen molar-refractivity contribution in [2.45, 2.75) is 121 Å². The van der Waals surface area contributed by atoms with E-state index >= 15 is 0 Å². The second-order valence-corrected chi connectivity index (χ2v) is 16.8. The third kappa shape index (κ3) is 8.79. The van der Waals surface area contributed by atoms with Crippen LogP contribution in [0.5, 0.6) is 0 Å². The van der Waals surface area contributed by atoms with E-state index in [4.69, 9.17) is 9.47 Å². The molecule has 13 nitrogen and oxygen atoms in total. The minimum atomic E-state index is -0.931. The molecular weight excluding hydrogens is 693 g/mol. The molecule has 2 unspecified atom stereocenters. The number of thiazole rings is 2. The van der Waals surface area contributed by atoms with E-state index in [1.54, 1.807) is 24.3 Å². The van der Waals surface area contributed by atoms with Gasteiger partial charge in [-0.15, -0.1) is 22.7 Å². The van der Waals surface area contributed by atoms with Crippen LogP contribution in [0.3, 0.4) is 0 Å². The molecule has 0 spiro atoms. The van der Waals surface area contributed by atoms with Gasteiger partial charge in [0.05, 0.1) is 29.6 Å². The quantitative estimate of drug-likeness (QED) is 0.251. The Morgan fingerprint density at radius 1 is 1.08 bits per heavy atom. The van der Waals surface area contributed by atoms with Crippen molar-refractivity contribution in [2.75, 3.05) is 27.7 Å². The van der Waals surface area contributed by atoms with Crippen LogP contribution in [0.15, 0.2) is 10.8 Å². The fourth-order valence-corrected chi connectivity index (χ4v) is 9.32. The van der Waals surface area contributed by atoms with Crippen LogP contribution in [0.25, 0.3) is 0 Å². The maximum atomic E-state index is 14.0. The number of ether oxygens (including phenoxy) is 2. The zero-order chi connectivity index (χ0) is 37.2. The van der Waals surface area contributed by atoms with Crippen molar-refractivity contribution in [3.63, 3.8) is 0 Å². The number of hydrogen-bond acceptors (Lipinski definition) is 12. The second kappa shape index (κ2) is 15.7. The smallest absolute Gasteiger partial charge is 0.308 e. The van der Waals surface area contributed by atoms with Crippen molar-refractivity contribution in [3.8, 4) is 0 Å². The number of hydrogen-bond donors (Lipinski definition) is 2. The summed E-state index contributed by atoms with van der Waals surface area (Å²) in [6.07, 6.45) is 4.44. The Hall–Kier alpha value is -3.43. The molecule has 15 heteroatoms. The summed E-state index contributed by atoms with van der Waals surface area (Å²) in [5, 5.41) is 11.2. The number of likely N-dealkylation sites (N-methyl/N-ethyl adjacent to an activating group) is 2. The summed E-state index contributed by atoms with van der Waals surface area (Å²) in [5.74, 6) is -2.01. The molecule has 2 aromatic heterocycles. The predicted molar refractivity (Wildman–Crippen MR) is 193 cm³/mol. The Bertz CT molecular complexity index is 1620. The van der Waals surface area contributed by atoms with Crippen LogP contribution in [0.2, 0.25) is 0 Å². The molecule has 280 valence electrons. The summed E-state index contributed by atoms with van der Waals surface area (Å²) in [7, 11) is 5.04. The number of nitrogens with one attached hydrogen (secondary N) is 2. The average molecular weight is 745 g/mol. The van der Waals surface area contributed by atoms with Crippen molar-refractivity contribution >= 4 is 52.3 Å². The number of piperidine rings is 1. The number of carbonyl (C=O) groups is 5. The van der Waals surface area contributed by atoms with Crippen LogP contribution < -0.4 is 10.6 Å². The molecule has 1 aliphatic heterocycles. The first kappa shape index (κ1) is 38.8. The standard InChI is InChI=1S/C36H52N6O7S2/c1-20(2)27(42(7)34(47)35(12-13-35)40-30(45)26-11-9-10-14-41(26)6)15-28(49-23(5)43)32-38-25(19-51-32)29(44)39-36(16-21(3)33(46)48-8)17-24(36)31-37-22(4)18-50-31/h18-21,24,26-28H,9-17H2,1-8H3,(H,39,44)(H,40,45)/t21-,24?,26+,27+,28+,36?/m0/s1. The van der Waals surface area contributed by atoms with E-state index in [0.717, 1.165) is 36.5 Å². The van der Waals surface area contributed by atoms with E-state index in [1.807, 2.05) is 33.2 Å². The van der Waals surface area contributed by atoms with E-state index in [0.29, 0.717) is 30.7 Å². The summed E-state index contributed by atoms with van der Waals surface area (Å²) in [6.45, 7) is 9.89. The molecule has 3 aliphatic rings. The van der Waals surface area contributed by atoms with Gasteiger partial charge in [0.25, 0.3) is 5.91 Å². The van der Waals surface area contributed by atoms with Crippen molar-refractivity contribution in [1.29, 1.82) is 0 Å². The molecule has 1 saturated heterocycles. The summed E-state index contributed by atoms with van der Waals surface area (Å²) in [4.78, 5) is 78.7. The number of carbonyl (C=O) groups excluding carboxylic acids is 5. The minimum Gasteiger partial charge on any atom is -0.469 e. The number of likely N-dealkylation sites (tertiary alicyclic amines) is 1. The highest BCUT2D eigenvalue weighted by Gasteiger charge is 2.58. The Morgan fingerprint density at radius 2 is 1.80 bits per heavy atom. The normalized spacial score (nSPS) is 24.2. The molecule has 2 aliphatic carbocycles. The van der Waals surface area contributed by atoms with E-state index in [-0.39, 0.29) is 53.8 Å². The molecule has 0 radical (unpaired) electrons. The number of esters is 2. The van der Waals surface area contributed by atoms with Gasteiger partial charge in [-0.25, -0.2) is 9.97 Å². The summed E-state index contributed by atoms with van der Waals surface area (Å²) in [5.41, 5.74) is -0.531. The summed E-state index contributed by atoms with van der Waals surface area (Å²) >= 11 is 2.75. The van der Waals surface area contributed by atoms with Crippen LogP contribution in [-0.2, 0) is 28.7 Å². The summed E-state index contributed by atoms with van der Waals surface area (Å²) in [6, 6.07) is -0.597.